The Balaban J connectivity index is 1.37. The number of epoxide rings is 1. The lowest BCUT2D eigenvalue weighted by atomic mass is 10.0. The third kappa shape index (κ3) is 3.55. The average Bonchev–Trinajstić information content (AvgIpc) is 3.48. The molecule has 5 rings (SSSR count). The molecule has 1 aliphatic rings. The highest BCUT2D eigenvalue weighted by Crippen LogP contribution is 2.44. The summed E-state index contributed by atoms with van der Waals surface area (Å²) in [6.07, 6.45) is -0.991. The molecule has 0 spiro atoms. The van der Waals surface area contributed by atoms with Crippen molar-refractivity contribution in [2.75, 3.05) is 7.11 Å². The molecule has 1 aromatic heterocycles. The number of methoxy groups -OCH3 is 1. The van der Waals surface area contributed by atoms with Crippen LogP contribution in [0.15, 0.2) is 83.3 Å². The molecule has 1 aliphatic heterocycles. The lowest BCUT2D eigenvalue weighted by Gasteiger charge is -2.12. The number of para-hydroxylation sites is 1. The highest BCUT2D eigenvalue weighted by atomic mass is 16.6. The van der Waals surface area contributed by atoms with Crippen LogP contribution >= 0.6 is 0 Å². The summed E-state index contributed by atoms with van der Waals surface area (Å²) in [6, 6.07) is 24.7. The molecule has 0 aliphatic carbocycles. The zero-order valence-corrected chi connectivity index (χ0v) is 16.4. The Hall–Kier alpha value is -3.57. The summed E-state index contributed by atoms with van der Waals surface area (Å²) in [5.74, 6) is 1.60. The normalized spacial score (nSPS) is 17.6. The van der Waals surface area contributed by atoms with E-state index in [9.17, 15) is 4.79 Å². The van der Waals surface area contributed by atoms with Gasteiger partial charge in [0.15, 0.2) is 11.9 Å². The van der Waals surface area contributed by atoms with E-state index in [1.807, 2.05) is 60.7 Å². The van der Waals surface area contributed by atoms with Crippen LogP contribution in [0.2, 0.25) is 0 Å². The molecule has 0 N–H and O–H groups in total. The van der Waals surface area contributed by atoms with Crippen molar-refractivity contribution in [1.82, 2.24) is 0 Å². The van der Waals surface area contributed by atoms with E-state index in [4.69, 9.17) is 18.6 Å². The second kappa shape index (κ2) is 7.69. The topological polar surface area (TPSA) is 61.2 Å². The number of Topliss-reactive ketones (excluding diaryl/α,β-unsaturated/α-hetero) is 1. The van der Waals surface area contributed by atoms with Gasteiger partial charge in [0.2, 0.25) is 0 Å². The standard InChI is InChI=1S/C25H20O5/c1-27-18-11-12-21(28-15-16-7-3-2-4-8-16)19(14-18)23(26)25-24(30-25)22-13-17-9-5-6-10-20(17)29-22/h2-14,24-25H,15H2,1H3. The van der Waals surface area contributed by atoms with Crippen molar-refractivity contribution in [3.63, 3.8) is 0 Å². The van der Waals surface area contributed by atoms with Gasteiger partial charge in [-0.25, -0.2) is 0 Å². The summed E-state index contributed by atoms with van der Waals surface area (Å²) in [7, 11) is 1.57. The van der Waals surface area contributed by atoms with E-state index in [0.717, 1.165) is 16.5 Å². The molecule has 150 valence electrons. The monoisotopic (exact) mass is 400 g/mol. The van der Waals surface area contributed by atoms with E-state index in [1.54, 1.807) is 25.3 Å². The SMILES string of the molecule is COc1ccc(OCc2ccccc2)c(C(=O)C2OC2c2cc3ccccc3o2)c1. The summed E-state index contributed by atoms with van der Waals surface area (Å²) >= 11 is 0. The minimum absolute atomic E-state index is 0.151. The first-order valence-electron chi connectivity index (χ1n) is 9.76. The van der Waals surface area contributed by atoms with E-state index < -0.39 is 12.2 Å². The minimum Gasteiger partial charge on any atom is -0.497 e. The Morgan fingerprint density at radius 3 is 2.57 bits per heavy atom. The summed E-state index contributed by atoms with van der Waals surface area (Å²) in [5.41, 5.74) is 2.24. The number of fused-ring (bicyclic) bond motifs is 1. The molecule has 30 heavy (non-hydrogen) atoms. The van der Waals surface area contributed by atoms with Gasteiger partial charge in [0.25, 0.3) is 0 Å². The predicted octanol–water partition coefficient (Wildman–Crippen LogP) is 5.34. The van der Waals surface area contributed by atoms with E-state index in [0.29, 0.717) is 29.4 Å². The third-order valence-corrected chi connectivity index (χ3v) is 5.16. The van der Waals surface area contributed by atoms with Crippen LogP contribution in [0.3, 0.4) is 0 Å². The number of hydrogen-bond acceptors (Lipinski definition) is 5. The van der Waals surface area contributed by atoms with Gasteiger partial charge in [-0.15, -0.1) is 0 Å². The fraction of sp³-hybridized carbons (Fsp3) is 0.160. The van der Waals surface area contributed by atoms with Gasteiger partial charge in [0.05, 0.1) is 12.7 Å². The van der Waals surface area contributed by atoms with E-state index >= 15 is 0 Å². The van der Waals surface area contributed by atoms with Gasteiger partial charge in [-0.3, -0.25) is 4.79 Å². The van der Waals surface area contributed by atoms with Crippen LogP contribution in [0.1, 0.15) is 27.8 Å². The third-order valence-electron chi connectivity index (χ3n) is 5.16. The fourth-order valence-corrected chi connectivity index (χ4v) is 3.51. The van der Waals surface area contributed by atoms with Crippen molar-refractivity contribution in [2.45, 2.75) is 18.8 Å². The Kier molecular flexibility index (Phi) is 4.73. The second-order valence-electron chi connectivity index (χ2n) is 7.16. The summed E-state index contributed by atoms with van der Waals surface area (Å²) in [6.45, 7) is 0.367. The van der Waals surface area contributed by atoms with Crippen molar-refractivity contribution in [3.05, 3.63) is 95.7 Å². The molecule has 5 heteroatoms. The number of ether oxygens (including phenoxy) is 3. The predicted molar refractivity (Wildman–Crippen MR) is 112 cm³/mol. The molecular formula is C25H20O5. The van der Waals surface area contributed by atoms with Crippen LogP contribution in [-0.4, -0.2) is 19.0 Å². The van der Waals surface area contributed by atoms with Crippen molar-refractivity contribution in [1.29, 1.82) is 0 Å². The smallest absolute Gasteiger partial charge is 0.198 e. The maximum atomic E-state index is 13.2. The first kappa shape index (κ1) is 18.5. The number of furan rings is 1. The van der Waals surface area contributed by atoms with Gasteiger partial charge in [-0.1, -0.05) is 48.5 Å². The number of hydrogen-bond donors (Lipinski definition) is 0. The van der Waals surface area contributed by atoms with Crippen LogP contribution < -0.4 is 9.47 Å². The number of carbonyl (C=O) groups excluding carboxylic acids is 1. The van der Waals surface area contributed by atoms with Gasteiger partial charge in [-0.05, 0) is 35.9 Å². The average molecular weight is 400 g/mol. The van der Waals surface area contributed by atoms with Gasteiger partial charge in [0.1, 0.15) is 35.6 Å². The summed E-state index contributed by atoms with van der Waals surface area (Å²) in [5, 5.41) is 0.988. The quantitative estimate of drug-likeness (QED) is 0.309. The van der Waals surface area contributed by atoms with Crippen molar-refractivity contribution < 1.29 is 23.4 Å². The molecule has 5 nitrogen and oxygen atoms in total. The maximum absolute atomic E-state index is 13.2. The minimum atomic E-state index is -0.600. The Morgan fingerprint density at radius 2 is 1.77 bits per heavy atom. The molecule has 0 radical (unpaired) electrons. The number of carbonyl (C=O) groups is 1. The van der Waals surface area contributed by atoms with Crippen molar-refractivity contribution in [3.8, 4) is 11.5 Å². The molecule has 4 aromatic rings. The molecule has 2 heterocycles. The van der Waals surface area contributed by atoms with E-state index in [-0.39, 0.29) is 5.78 Å². The molecule has 3 aromatic carbocycles. The number of benzene rings is 3. The number of rotatable bonds is 7. The first-order chi connectivity index (χ1) is 14.7. The van der Waals surface area contributed by atoms with Gasteiger partial charge in [-0.2, -0.15) is 0 Å². The molecule has 1 saturated heterocycles. The first-order valence-corrected chi connectivity index (χ1v) is 9.76. The molecule has 0 bridgehead atoms. The summed E-state index contributed by atoms with van der Waals surface area (Å²) in [4.78, 5) is 13.2. The lowest BCUT2D eigenvalue weighted by molar-refractivity contribution is 0.0949. The Morgan fingerprint density at radius 1 is 0.967 bits per heavy atom. The van der Waals surface area contributed by atoms with Crippen LogP contribution in [0.25, 0.3) is 11.0 Å². The molecule has 1 fully saturated rings. The second-order valence-corrected chi connectivity index (χ2v) is 7.16. The molecule has 2 atom stereocenters. The van der Waals surface area contributed by atoms with E-state index in [2.05, 4.69) is 0 Å². The largest absolute Gasteiger partial charge is 0.497 e. The zero-order valence-electron chi connectivity index (χ0n) is 16.4. The molecular weight excluding hydrogens is 380 g/mol. The highest BCUT2D eigenvalue weighted by molar-refractivity contribution is 6.04. The number of ketones is 1. The van der Waals surface area contributed by atoms with Crippen LogP contribution in [0, 0.1) is 0 Å². The molecule has 0 amide bonds. The fourth-order valence-electron chi connectivity index (χ4n) is 3.51. The van der Waals surface area contributed by atoms with Gasteiger partial charge in [0, 0.05) is 5.39 Å². The van der Waals surface area contributed by atoms with Crippen molar-refractivity contribution in [2.24, 2.45) is 0 Å². The molecule has 0 saturated carbocycles. The highest BCUT2D eigenvalue weighted by Gasteiger charge is 2.49. The van der Waals surface area contributed by atoms with Crippen LogP contribution in [0.4, 0.5) is 0 Å². The zero-order chi connectivity index (χ0) is 20.5. The Bertz CT molecular complexity index is 1160. The van der Waals surface area contributed by atoms with Gasteiger partial charge < -0.3 is 18.6 Å². The Labute approximate surface area is 173 Å². The molecule has 2 unspecified atom stereocenters. The van der Waals surface area contributed by atoms with Gasteiger partial charge >= 0.3 is 0 Å². The van der Waals surface area contributed by atoms with Crippen LogP contribution in [-0.2, 0) is 11.3 Å². The maximum Gasteiger partial charge on any atom is 0.198 e. The van der Waals surface area contributed by atoms with E-state index in [1.165, 1.54) is 0 Å². The lowest BCUT2D eigenvalue weighted by Crippen LogP contribution is -2.11. The van der Waals surface area contributed by atoms with Crippen molar-refractivity contribution >= 4 is 16.8 Å². The van der Waals surface area contributed by atoms with Crippen LogP contribution in [0.5, 0.6) is 11.5 Å². The summed E-state index contributed by atoms with van der Waals surface area (Å²) < 4.78 is 22.8.